The molecule has 2 bridgehead atoms. The molecule has 3 aliphatic heterocycles. The van der Waals surface area contributed by atoms with E-state index in [9.17, 15) is 9.90 Å². The van der Waals surface area contributed by atoms with E-state index >= 15 is 0 Å². The molecule has 0 spiro atoms. The molecule has 1 N–H and O–H groups in total. The first-order chi connectivity index (χ1) is 11.6. The van der Waals surface area contributed by atoms with Crippen LogP contribution in [0.25, 0.3) is 0 Å². The Morgan fingerprint density at radius 3 is 2.40 bits per heavy atom. The van der Waals surface area contributed by atoms with E-state index in [1.807, 2.05) is 30.3 Å². The Kier molecular flexibility index (Phi) is 5.26. The molecule has 25 heavy (non-hydrogen) atoms. The van der Waals surface area contributed by atoms with Crippen LogP contribution in [-0.4, -0.2) is 66.2 Å². The van der Waals surface area contributed by atoms with Gasteiger partial charge in [0.15, 0.2) is 0 Å². The van der Waals surface area contributed by atoms with Crippen molar-refractivity contribution in [2.75, 3.05) is 20.2 Å². The number of aliphatic hydroxyl groups is 1. The fourth-order valence-electron chi connectivity index (χ4n) is 4.87. The van der Waals surface area contributed by atoms with Gasteiger partial charge >= 0.3 is 5.97 Å². The maximum absolute atomic E-state index is 12.6. The van der Waals surface area contributed by atoms with Gasteiger partial charge in [0.2, 0.25) is 0 Å². The highest BCUT2D eigenvalue weighted by atomic mass is 79.9. The number of carbonyl (C=O) groups is 1. The lowest BCUT2D eigenvalue weighted by molar-refractivity contribution is -0.954. The second-order valence-corrected chi connectivity index (χ2v) is 7.54. The number of nitrogens with zero attached hydrogens (tertiary/aromatic N) is 1. The van der Waals surface area contributed by atoms with Crippen LogP contribution in [0.5, 0.6) is 0 Å². The molecule has 3 aliphatic rings. The van der Waals surface area contributed by atoms with E-state index in [-0.39, 0.29) is 35.7 Å². The van der Waals surface area contributed by atoms with Crippen molar-refractivity contribution < 1.29 is 40.8 Å². The van der Waals surface area contributed by atoms with Crippen molar-refractivity contribution in [1.82, 2.24) is 0 Å². The first-order valence-corrected chi connectivity index (χ1v) is 8.95. The zero-order valence-electron chi connectivity index (χ0n) is 14.7. The van der Waals surface area contributed by atoms with Crippen molar-refractivity contribution in [1.29, 1.82) is 0 Å². The van der Waals surface area contributed by atoms with E-state index in [1.54, 1.807) is 0 Å². The molecule has 0 amide bonds. The molecule has 0 radical (unpaired) electrons. The van der Waals surface area contributed by atoms with Crippen LogP contribution in [0.1, 0.15) is 31.2 Å². The Labute approximate surface area is 159 Å². The van der Waals surface area contributed by atoms with Crippen LogP contribution in [0.4, 0.5) is 0 Å². The molecule has 0 saturated carbocycles. The van der Waals surface area contributed by atoms with E-state index in [0.29, 0.717) is 24.3 Å². The lowest BCUT2D eigenvalue weighted by atomic mass is 9.95. The first-order valence-electron chi connectivity index (χ1n) is 8.95. The molecule has 3 fully saturated rings. The predicted octanol–water partition coefficient (Wildman–Crippen LogP) is -1.54. The predicted molar refractivity (Wildman–Crippen MR) is 88.3 cm³/mol. The molecule has 3 heterocycles. The van der Waals surface area contributed by atoms with Crippen molar-refractivity contribution in [3.8, 4) is 0 Å². The Bertz CT molecular complexity index is 607. The third-order valence-corrected chi connectivity index (χ3v) is 6.48. The fraction of sp³-hybridized carbons (Fsp3) is 0.632. The molecule has 4 rings (SSSR count). The second-order valence-electron chi connectivity index (χ2n) is 7.54. The summed E-state index contributed by atoms with van der Waals surface area (Å²) in [7, 11) is 2.31. The molecule has 6 heteroatoms. The van der Waals surface area contributed by atoms with E-state index in [2.05, 4.69) is 14.0 Å². The van der Waals surface area contributed by atoms with Gasteiger partial charge in [-0.05, 0) is 12.5 Å². The lowest BCUT2D eigenvalue weighted by Crippen LogP contribution is -3.00. The zero-order chi connectivity index (χ0) is 16.9. The molecule has 1 aromatic rings. The van der Waals surface area contributed by atoms with E-state index in [1.165, 1.54) is 0 Å². The summed E-state index contributed by atoms with van der Waals surface area (Å²) in [6.45, 7) is 3.10. The van der Waals surface area contributed by atoms with E-state index < -0.39 is 5.92 Å². The summed E-state index contributed by atoms with van der Waals surface area (Å²) in [6.07, 6.45) is 2.37. The number of hydrogen-bond donors (Lipinski definition) is 1. The van der Waals surface area contributed by atoms with Crippen molar-refractivity contribution in [2.45, 2.75) is 56.1 Å². The SMILES string of the molecule is CC[N+]1(C)[C@H]2CC(OC(=O)[C@H](CO)c3ccccc3)C[C@H]1[C@H]1O[C@H]12.[Br-]. The number of carbonyl (C=O) groups excluding carboxylic acids is 1. The van der Waals surface area contributed by atoms with Gasteiger partial charge < -0.3 is 36.0 Å². The largest absolute Gasteiger partial charge is 1.00 e. The number of aliphatic hydroxyl groups excluding tert-OH is 1. The Hall–Kier alpha value is -0.950. The summed E-state index contributed by atoms with van der Waals surface area (Å²) in [5, 5.41) is 9.64. The number of esters is 1. The number of hydrogen-bond acceptors (Lipinski definition) is 4. The van der Waals surface area contributed by atoms with Crippen LogP contribution in [-0.2, 0) is 14.3 Å². The smallest absolute Gasteiger partial charge is 0.316 e. The van der Waals surface area contributed by atoms with E-state index in [0.717, 1.165) is 29.4 Å². The van der Waals surface area contributed by atoms with Gasteiger partial charge in [0.25, 0.3) is 0 Å². The van der Waals surface area contributed by atoms with Gasteiger partial charge in [0.1, 0.15) is 36.3 Å². The maximum Gasteiger partial charge on any atom is 0.316 e. The summed E-state index contributed by atoms with van der Waals surface area (Å²) in [6, 6.07) is 10.2. The van der Waals surface area contributed by atoms with E-state index in [4.69, 9.17) is 9.47 Å². The number of fused-ring (bicyclic) bond motifs is 5. The van der Waals surface area contributed by atoms with Crippen molar-refractivity contribution >= 4 is 5.97 Å². The van der Waals surface area contributed by atoms with Crippen molar-refractivity contribution in [3.63, 3.8) is 0 Å². The number of morpholine rings is 1. The molecule has 5 nitrogen and oxygen atoms in total. The quantitative estimate of drug-likeness (QED) is 0.362. The highest BCUT2D eigenvalue weighted by Crippen LogP contribution is 2.52. The monoisotopic (exact) mass is 411 g/mol. The summed E-state index contributed by atoms with van der Waals surface area (Å²) >= 11 is 0. The second kappa shape index (κ2) is 6.99. The van der Waals surface area contributed by atoms with Gasteiger partial charge in [0.05, 0.1) is 20.2 Å². The number of rotatable bonds is 5. The van der Waals surface area contributed by atoms with Gasteiger partial charge in [-0.15, -0.1) is 0 Å². The average Bonchev–Trinajstić information content (AvgIpc) is 3.35. The van der Waals surface area contributed by atoms with Gasteiger partial charge in [-0.25, -0.2) is 0 Å². The zero-order valence-corrected chi connectivity index (χ0v) is 16.3. The molecule has 7 atom stereocenters. The highest BCUT2D eigenvalue weighted by Gasteiger charge is 2.71. The summed E-state index contributed by atoms with van der Waals surface area (Å²) in [5.74, 6) is -0.904. The molecule has 0 aromatic heterocycles. The van der Waals surface area contributed by atoms with Gasteiger partial charge in [0, 0.05) is 12.8 Å². The number of quaternary nitrogens is 1. The van der Waals surface area contributed by atoms with Crippen LogP contribution in [0, 0.1) is 0 Å². The number of halogens is 1. The Morgan fingerprint density at radius 2 is 1.88 bits per heavy atom. The number of epoxide rings is 1. The van der Waals surface area contributed by atoms with Gasteiger partial charge in [-0.2, -0.15) is 0 Å². The molecule has 2 unspecified atom stereocenters. The normalized spacial score (nSPS) is 39.1. The third-order valence-electron chi connectivity index (χ3n) is 6.48. The highest BCUT2D eigenvalue weighted by molar-refractivity contribution is 5.78. The number of likely N-dealkylation sites (N-methyl/N-ethyl adjacent to an activating group) is 1. The molecular weight excluding hydrogens is 386 g/mol. The van der Waals surface area contributed by atoms with Crippen molar-refractivity contribution in [3.05, 3.63) is 35.9 Å². The summed E-state index contributed by atoms with van der Waals surface area (Å²) < 4.78 is 12.7. The Morgan fingerprint density at radius 1 is 1.28 bits per heavy atom. The molecule has 3 saturated heterocycles. The lowest BCUT2D eigenvalue weighted by Gasteiger charge is -2.47. The first kappa shape index (κ1) is 18.8. The number of piperidine rings is 1. The van der Waals surface area contributed by atoms with Crippen LogP contribution < -0.4 is 17.0 Å². The van der Waals surface area contributed by atoms with Crippen LogP contribution in [0.3, 0.4) is 0 Å². The van der Waals surface area contributed by atoms with Gasteiger partial charge in [-0.3, -0.25) is 4.79 Å². The Balaban J connectivity index is 0.00000182. The minimum Gasteiger partial charge on any atom is -1.00 e. The summed E-state index contributed by atoms with van der Waals surface area (Å²) in [5.41, 5.74) is 0.809. The van der Waals surface area contributed by atoms with Crippen LogP contribution >= 0.6 is 0 Å². The summed E-state index contributed by atoms with van der Waals surface area (Å²) in [4.78, 5) is 12.6. The molecule has 1 aromatic carbocycles. The minimum atomic E-state index is -0.594. The van der Waals surface area contributed by atoms with Gasteiger partial charge in [-0.1, -0.05) is 30.3 Å². The van der Waals surface area contributed by atoms with Crippen LogP contribution in [0.2, 0.25) is 0 Å². The number of benzene rings is 1. The molecular formula is C19H26BrNO4. The third kappa shape index (κ3) is 3.03. The number of ether oxygens (including phenoxy) is 2. The fourth-order valence-corrected chi connectivity index (χ4v) is 4.87. The maximum atomic E-state index is 12.6. The molecule has 0 aliphatic carbocycles. The molecule has 138 valence electrons. The standard InChI is InChI=1S/C19H26NO4.BrH/c1-3-20(2)15-9-13(10-16(20)18-17(15)24-18)23-19(22)14(11-21)12-7-5-4-6-8-12;/h4-8,13-18,21H,3,9-11H2,1-2H3;1H/q+1;/p-1/t13?,14-,15+,16+,17-,18+,20?;/m1./s1. The van der Waals surface area contributed by atoms with Crippen molar-refractivity contribution in [2.24, 2.45) is 0 Å². The average molecular weight is 412 g/mol. The topological polar surface area (TPSA) is 59.1 Å². The minimum absolute atomic E-state index is 0. The van der Waals surface area contributed by atoms with Crippen LogP contribution in [0.15, 0.2) is 30.3 Å².